The van der Waals surface area contributed by atoms with Crippen molar-refractivity contribution in [3.05, 3.63) is 35.9 Å². The van der Waals surface area contributed by atoms with Crippen molar-refractivity contribution in [2.24, 2.45) is 0 Å². The predicted molar refractivity (Wildman–Crippen MR) is 77.7 cm³/mol. The van der Waals surface area contributed by atoms with E-state index in [0.29, 0.717) is 5.56 Å². The molecule has 2 rings (SSSR count). The van der Waals surface area contributed by atoms with Gasteiger partial charge >= 0.3 is 0 Å². The van der Waals surface area contributed by atoms with Gasteiger partial charge in [0.1, 0.15) is 30.4 Å². The van der Waals surface area contributed by atoms with Crippen LogP contribution in [0.4, 0.5) is 8.78 Å². The highest BCUT2D eigenvalue weighted by Crippen LogP contribution is 2.30. The van der Waals surface area contributed by atoms with Crippen molar-refractivity contribution in [2.75, 3.05) is 7.05 Å². The number of aliphatic hydroxyl groups is 3. The lowest BCUT2D eigenvalue weighted by Crippen LogP contribution is -2.70. The molecule has 0 aromatic heterocycles. The van der Waals surface area contributed by atoms with Gasteiger partial charge in [0.25, 0.3) is 6.43 Å². The second-order valence-corrected chi connectivity index (χ2v) is 5.51. The summed E-state index contributed by atoms with van der Waals surface area (Å²) in [6.45, 7) is -0.0746. The Balaban J connectivity index is 2.40. The molecule has 0 radical (unpaired) electrons. The van der Waals surface area contributed by atoms with E-state index in [1.54, 1.807) is 30.3 Å². The molecule has 23 heavy (non-hydrogen) atoms. The van der Waals surface area contributed by atoms with E-state index >= 15 is 0 Å². The third kappa shape index (κ3) is 3.50. The minimum Gasteiger partial charge on any atom is -0.388 e. The number of halogens is 2. The summed E-state index contributed by atoms with van der Waals surface area (Å²) in [5.74, 6) is -0.704. The van der Waals surface area contributed by atoms with Gasteiger partial charge in [0.2, 0.25) is 5.91 Å². The molecular formula is C15H20F2N2O4. The van der Waals surface area contributed by atoms with Gasteiger partial charge in [-0.3, -0.25) is 9.69 Å². The molecule has 1 aromatic carbocycles. The van der Waals surface area contributed by atoms with E-state index in [2.05, 4.69) is 5.32 Å². The Morgan fingerprint density at radius 2 is 1.78 bits per heavy atom. The summed E-state index contributed by atoms with van der Waals surface area (Å²) in [5, 5.41) is 32.2. The van der Waals surface area contributed by atoms with Crippen LogP contribution in [0.3, 0.4) is 0 Å². The molecule has 1 saturated heterocycles. The molecule has 0 aliphatic carbocycles. The van der Waals surface area contributed by atoms with E-state index < -0.39 is 42.7 Å². The van der Waals surface area contributed by atoms with Crippen molar-refractivity contribution in [3.63, 3.8) is 0 Å². The van der Waals surface area contributed by atoms with Gasteiger partial charge in [-0.1, -0.05) is 30.3 Å². The van der Waals surface area contributed by atoms with Crippen molar-refractivity contribution in [1.82, 2.24) is 10.2 Å². The third-order valence-corrected chi connectivity index (χ3v) is 4.09. The zero-order valence-corrected chi connectivity index (χ0v) is 12.5. The van der Waals surface area contributed by atoms with Crippen LogP contribution in [0.2, 0.25) is 0 Å². The number of nitrogens with zero attached hydrogens (tertiary/aromatic N) is 1. The first-order valence-electron chi connectivity index (χ1n) is 7.22. The summed E-state index contributed by atoms with van der Waals surface area (Å²) in [5.41, 5.74) is 0.642. The Hall–Kier alpha value is -1.61. The maximum Gasteiger partial charge on any atom is 0.256 e. The van der Waals surface area contributed by atoms with Gasteiger partial charge < -0.3 is 20.6 Å². The molecule has 5 atom stereocenters. The Morgan fingerprint density at radius 3 is 2.30 bits per heavy atom. The van der Waals surface area contributed by atoms with Crippen LogP contribution in [0.5, 0.6) is 0 Å². The molecule has 1 fully saturated rings. The van der Waals surface area contributed by atoms with Gasteiger partial charge in [0.15, 0.2) is 0 Å². The highest BCUT2D eigenvalue weighted by molar-refractivity contribution is 5.82. The summed E-state index contributed by atoms with van der Waals surface area (Å²) >= 11 is 0. The van der Waals surface area contributed by atoms with Crippen LogP contribution in [0.25, 0.3) is 0 Å². The number of piperidine rings is 1. The Kier molecular flexibility index (Phi) is 5.64. The molecule has 0 spiro atoms. The fourth-order valence-corrected chi connectivity index (χ4v) is 2.91. The molecule has 0 saturated carbocycles. The smallest absolute Gasteiger partial charge is 0.256 e. The number of benzene rings is 1. The first kappa shape index (κ1) is 17.7. The first-order valence-corrected chi connectivity index (χ1v) is 7.22. The van der Waals surface area contributed by atoms with Gasteiger partial charge in [-0.25, -0.2) is 8.78 Å². The molecule has 1 heterocycles. The maximum absolute atomic E-state index is 13.4. The number of carbonyl (C=O) groups excluding carboxylic acids is 1. The van der Waals surface area contributed by atoms with Crippen LogP contribution in [0.1, 0.15) is 5.56 Å². The number of rotatable bonds is 4. The molecule has 0 unspecified atom stereocenters. The van der Waals surface area contributed by atoms with Crippen LogP contribution in [0, 0.1) is 0 Å². The lowest BCUT2D eigenvalue weighted by Gasteiger charge is -2.47. The van der Waals surface area contributed by atoms with Crippen molar-refractivity contribution >= 4 is 5.91 Å². The second-order valence-electron chi connectivity index (χ2n) is 5.51. The topological polar surface area (TPSA) is 93.0 Å². The van der Waals surface area contributed by atoms with Crippen molar-refractivity contribution < 1.29 is 28.9 Å². The minimum absolute atomic E-state index is 0.0746. The van der Waals surface area contributed by atoms with Crippen LogP contribution < -0.4 is 5.32 Å². The molecular weight excluding hydrogens is 310 g/mol. The highest BCUT2D eigenvalue weighted by Gasteiger charge is 2.53. The van der Waals surface area contributed by atoms with Crippen LogP contribution >= 0.6 is 0 Å². The normalized spacial score (nSPS) is 32.0. The van der Waals surface area contributed by atoms with E-state index in [-0.39, 0.29) is 6.54 Å². The van der Waals surface area contributed by atoms with Crippen LogP contribution in [0.15, 0.2) is 30.3 Å². The monoisotopic (exact) mass is 330 g/mol. The largest absolute Gasteiger partial charge is 0.388 e. The van der Waals surface area contributed by atoms with Crippen molar-refractivity contribution in [1.29, 1.82) is 0 Å². The van der Waals surface area contributed by atoms with Crippen LogP contribution in [-0.4, -0.2) is 70.0 Å². The number of aliphatic hydroxyl groups excluding tert-OH is 3. The van der Waals surface area contributed by atoms with E-state index in [1.165, 1.54) is 7.05 Å². The van der Waals surface area contributed by atoms with E-state index in [4.69, 9.17) is 0 Å². The molecule has 1 amide bonds. The minimum atomic E-state index is -3.00. The number of hydrogen-bond acceptors (Lipinski definition) is 5. The number of likely N-dealkylation sites (tertiary alicyclic amines) is 1. The van der Waals surface area contributed by atoms with Crippen molar-refractivity contribution in [2.45, 2.75) is 43.4 Å². The highest BCUT2D eigenvalue weighted by atomic mass is 19.3. The maximum atomic E-state index is 13.4. The molecule has 0 bridgehead atoms. The number of alkyl halides is 2. The number of likely N-dealkylation sites (N-methyl/N-ethyl adjacent to an activating group) is 1. The molecule has 6 nitrogen and oxygen atoms in total. The molecule has 1 aliphatic rings. The zero-order valence-electron chi connectivity index (χ0n) is 12.5. The summed E-state index contributed by atoms with van der Waals surface area (Å²) < 4.78 is 26.9. The molecule has 1 aliphatic heterocycles. The van der Waals surface area contributed by atoms with Gasteiger partial charge in [-0.2, -0.15) is 0 Å². The quantitative estimate of drug-likeness (QED) is 0.588. The number of nitrogens with one attached hydrogen (secondary N) is 1. The summed E-state index contributed by atoms with van der Waals surface area (Å²) in [4.78, 5) is 13.1. The summed E-state index contributed by atoms with van der Waals surface area (Å²) in [6, 6.07) is 5.41. The van der Waals surface area contributed by atoms with Crippen LogP contribution in [-0.2, 0) is 11.3 Å². The third-order valence-electron chi connectivity index (χ3n) is 4.09. The van der Waals surface area contributed by atoms with E-state index in [9.17, 15) is 28.9 Å². The van der Waals surface area contributed by atoms with Crippen molar-refractivity contribution in [3.8, 4) is 0 Å². The molecule has 8 heteroatoms. The lowest BCUT2D eigenvalue weighted by atomic mass is 9.87. The molecule has 1 aromatic rings. The summed E-state index contributed by atoms with van der Waals surface area (Å²) in [7, 11) is 1.31. The van der Waals surface area contributed by atoms with E-state index in [1.807, 2.05) is 0 Å². The standard InChI is InChI=1S/C15H20F2N2O4/c1-18-15(23)10-12(21)13(22)11(20)9(14(16)17)19(10)7-8-5-3-2-4-6-8/h2-6,9-14,20-22H,7H2,1H3,(H,18,23)/t9-,10-,11+,12+,13-/m0/s1. The predicted octanol–water partition coefficient (Wildman–Crippen LogP) is -0.667. The molecule has 4 N–H and O–H groups in total. The SMILES string of the molecule is CNC(=O)[C@@H]1[C@@H](O)[C@@H](O)[C@H](O)[C@@H](C(F)F)N1Cc1ccccc1. The Bertz CT molecular complexity index is 531. The first-order chi connectivity index (χ1) is 10.9. The fraction of sp³-hybridized carbons (Fsp3) is 0.533. The van der Waals surface area contributed by atoms with Gasteiger partial charge in [-0.05, 0) is 5.56 Å². The number of carbonyl (C=O) groups is 1. The van der Waals surface area contributed by atoms with Gasteiger partial charge in [-0.15, -0.1) is 0 Å². The lowest BCUT2D eigenvalue weighted by molar-refractivity contribution is -0.194. The zero-order chi connectivity index (χ0) is 17.1. The fourth-order valence-electron chi connectivity index (χ4n) is 2.91. The number of hydrogen-bond donors (Lipinski definition) is 4. The van der Waals surface area contributed by atoms with Gasteiger partial charge in [0, 0.05) is 13.6 Å². The second kappa shape index (κ2) is 7.31. The Labute approximate surface area is 132 Å². The Morgan fingerprint density at radius 1 is 1.17 bits per heavy atom. The molecule has 128 valence electrons. The summed E-state index contributed by atoms with van der Waals surface area (Å²) in [6.07, 6.45) is -8.37. The average molecular weight is 330 g/mol. The average Bonchev–Trinajstić information content (AvgIpc) is 2.53. The van der Waals surface area contributed by atoms with Gasteiger partial charge in [0.05, 0.1) is 0 Å². The van der Waals surface area contributed by atoms with E-state index in [0.717, 1.165) is 4.90 Å². The number of amides is 1.